The number of hydrogen-bond acceptors (Lipinski definition) is 5. The number of anilines is 2. The smallest absolute Gasteiger partial charge is 0.335 e. The molecule has 0 saturated carbocycles. The van der Waals surface area contributed by atoms with Crippen LogP contribution in [-0.2, 0) is 6.42 Å². The van der Waals surface area contributed by atoms with Gasteiger partial charge in [-0.1, -0.05) is 24.3 Å². The topological polar surface area (TPSA) is 79.5 Å². The molecule has 33 heavy (non-hydrogen) atoms. The second kappa shape index (κ2) is 7.41. The Bertz CT molecular complexity index is 1530. The zero-order valence-electron chi connectivity index (χ0n) is 17.5. The standard InChI is InChI=1S/C26H18FN3O3/c27-18-7-3-8-21-17(18)6-4-12-30(21)25-24(23-14-15-5-1-2-9-22(15)33-23)28-19-11-10-16(26(31)32)13-20(19)29-25/h1-3,5,7-11,13-14H,4,6,12H2,(H,31,32). The highest BCUT2D eigenvalue weighted by molar-refractivity contribution is 5.94. The molecule has 1 N–H and O–H groups in total. The van der Waals surface area contributed by atoms with Crippen molar-refractivity contribution in [3.8, 4) is 11.5 Å². The molecule has 6 rings (SSSR count). The fraction of sp³-hybridized carbons (Fsp3) is 0.115. The van der Waals surface area contributed by atoms with Crippen LogP contribution in [0.4, 0.5) is 15.9 Å². The van der Waals surface area contributed by atoms with E-state index in [2.05, 4.69) is 0 Å². The van der Waals surface area contributed by atoms with Crippen LogP contribution in [0.2, 0.25) is 0 Å². The number of rotatable bonds is 3. The van der Waals surface area contributed by atoms with Crippen molar-refractivity contribution in [3.63, 3.8) is 0 Å². The SMILES string of the molecule is O=C(O)c1ccc2nc(-c3cc4ccccc4o3)c(N3CCCc4c(F)cccc43)nc2c1. The van der Waals surface area contributed by atoms with Crippen molar-refractivity contribution >= 4 is 39.5 Å². The summed E-state index contributed by atoms with van der Waals surface area (Å²) in [6, 6.07) is 19.3. The minimum absolute atomic E-state index is 0.129. The summed E-state index contributed by atoms with van der Waals surface area (Å²) in [5, 5.41) is 10.4. The average molecular weight is 439 g/mol. The Morgan fingerprint density at radius 3 is 2.73 bits per heavy atom. The summed E-state index contributed by atoms with van der Waals surface area (Å²) >= 11 is 0. The molecule has 0 fully saturated rings. The second-order valence-corrected chi connectivity index (χ2v) is 8.05. The lowest BCUT2D eigenvalue weighted by atomic mass is 10.0. The maximum Gasteiger partial charge on any atom is 0.335 e. The summed E-state index contributed by atoms with van der Waals surface area (Å²) in [5.41, 5.74) is 3.76. The van der Waals surface area contributed by atoms with Gasteiger partial charge in [0.15, 0.2) is 11.6 Å². The average Bonchev–Trinajstić information content (AvgIpc) is 3.27. The van der Waals surface area contributed by atoms with Crippen molar-refractivity contribution in [1.82, 2.24) is 9.97 Å². The van der Waals surface area contributed by atoms with Crippen LogP contribution in [0.5, 0.6) is 0 Å². The molecular weight excluding hydrogens is 421 g/mol. The number of para-hydroxylation sites is 1. The molecular formula is C26H18FN3O3. The maximum absolute atomic E-state index is 14.6. The van der Waals surface area contributed by atoms with E-state index >= 15 is 0 Å². The minimum Gasteiger partial charge on any atom is -0.478 e. The number of carbonyl (C=O) groups is 1. The van der Waals surface area contributed by atoms with E-state index in [9.17, 15) is 14.3 Å². The summed E-state index contributed by atoms with van der Waals surface area (Å²) in [5.74, 6) is -0.224. The monoisotopic (exact) mass is 439 g/mol. The summed E-state index contributed by atoms with van der Waals surface area (Å²) in [6.07, 6.45) is 1.39. The molecule has 162 valence electrons. The number of furan rings is 1. The number of fused-ring (bicyclic) bond motifs is 3. The van der Waals surface area contributed by atoms with Crippen LogP contribution >= 0.6 is 0 Å². The number of carboxylic acid groups (broad SMARTS) is 1. The molecule has 1 aliphatic heterocycles. The van der Waals surface area contributed by atoms with Gasteiger partial charge in [0.1, 0.15) is 17.1 Å². The van der Waals surface area contributed by atoms with Crippen molar-refractivity contribution in [1.29, 1.82) is 0 Å². The van der Waals surface area contributed by atoms with Gasteiger partial charge in [-0.3, -0.25) is 0 Å². The predicted octanol–water partition coefficient (Wildman–Crippen LogP) is 5.96. The third-order valence-corrected chi connectivity index (χ3v) is 6.00. The van der Waals surface area contributed by atoms with E-state index in [1.807, 2.05) is 41.3 Å². The van der Waals surface area contributed by atoms with Crippen LogP contribution in [0.3, 0.4) is 0 Å². The summed E-state index contributed by atoms with van der Waals surface area (Å²) < 4.78 is 20.7. The Morgan fingerprint density at radius 1 is 1.00 bits per heavy atom. The molecule has 0 spiro atoms. The Hall–Kier alpha value is -4.26. The highest BCUT2D eigenvalue weighted by atomic mass is 19.1. The maximum atomic E-state index is 14.6. The van der Waals surface area contributed by atoms with E-state index < -0.39 is 5.97 Å². The quantitative estimate of drug-likeness (QED) is 0.373. The Balaban J connectivity index is 1.63. The molecule has 6 nitrogen and oxygen atoms in total. The Labute approximate surface area is 187 Å². The van der Waals surface area contributed by atoms with Crippen LogP contribution in [0.15, 0.2) is 71.1 Å². The van der Waals surface area contributed by atoms with Gasteiger partial charge in [0.25, 0.3) is 0 Å². The number of hydrogen-bond donors (Lipinski definition) is 1. The molecule has 0 bridgehead atoms. The number of halogens is 1. The van der Waals surface area contributed by atoms with Crippen LogP contribution in [0.25, 0.3) is 33.5 Å². The molecule has 3 heterocycles. The van der Waals surface area contributed by atoms with Crippen molar-refractivity contribution in [2.75, 3.05) is 11.4 Å². The third-order valence-electron chi connectivity index (χ3n) is 6.00. The number of carboxylic acids is 1. The number of benzene rings is 3. The van der Waals surface area contributed by atoms with Crippen LogP contribution in [0, 0.1) is 5.82 Å². The fourth-order valence-corrected chi connectivity index (χ4v) is 4.43. The van der Waals surface area contributed by atoms with E-state index in [0.29, 0.717) is 46.8 Å². The molecule has 3 aromatic carbocycles. The molecule has 0 amide bonds. The van der Waals surface area contributed by atoms with Gasteiger partial charge in [-0.15, -0.1) is 0 Å². The highest BCUT2D eigenvalue weighted by Gasteiger charge is 2.27. The summed E-state index contributed by atoms with van der Waals surface area (Å²) in [7, 11) is 0. The van der Waals surface area contributed by atoms with Gasteiger partial charge in [0.05, 0.1) is 16.6 Å². The molecule has 1 aliphatic rings. The lowest BCUT2D eigenvalue weighted by molar-refractivity contribution is 0.0697. The molecule has 0 radical (unpaired) electrons. The van der Waals surface area contributed by atoms with Crippen molar-refractivity contribution in [3.05, 3.63) is 83.7 Å². The number of aromatic carboxylic acids is 1. The lowest BCUT2D eigenvalue weighted by Crippen LogP contribution is -2.27. The first-order chi connectivity index (χ1) is 16.1. The van der Waals surface area contributed by atoms with Gasteiger partial charge in [-0.25, -0.2) is 19.2 Å². The van der Waals surface area contributed by atoms with E-state index in [1.165, 1.54) is 18.2 Å². The third kappa shape index (κ3) is 3.20. The van der Waals surface area contributed by atoms with Crippen molar-refractivity contribution < 1.29 is 18.7 Å². The molecule has 0 saturated heterocycles. The highest BCUT2D eigenvalue weighted by Crippen LogP contribution is 2.40. The van der Waals surface area contributed by atoms with Gasteiger partial charge < -0.3 is 14.4 Å². The van der Waals surface area contributed by atoms with E-state index in [4.69, 9.17) is 14.4 Å². The fourth-order valence-electron chi connectivity index (χ4n) is 4.43. The molecule has 2 aromatic heterocycles. The summed E-state index contributed by atoms with van der Waals surface area (Å²) in [6.45, 7) is 0.627. The van der Waals surface area contributed by atoms with Gasteiger partial charge in [0.2, 0.25) is 0 Å². The largest absolute Gasteiger partial charge is 0.478 e. The first-order valence-corrected chi connectivity index (χ1v) is 10.7. The van der Waals surface area contributed by atoms with E-state index in [-0.39, 0.29) is 11.4 Å². The minimum atomic E-state index is -1.04. The number of nitrogens with zero attached hydrogens (tertiary/aromatic N) is 3. The molecule has 5 aromatic rings. The van der Waals surface area contributed by atoms with Gasteiger partial charge in [0, 0.05) is 23.2 Å². The predicted molar refractivity (Wildman–Crippen MR) is 123 cm³/mol. The van der Waals surface area contributed by atoms with Gasteiger partial charge in [-0.05, 0) is 55.3 Å². The molecule has 7 heteroatoms. The van der Waals surface area contributed by atoms with Crippen LogP contribution in [0.1, 0.15) is 22.3 Å². The summed E-state index contributed by atoms with van der Waals surface area (Å²) in [4.78, 5) is 23.1. The van der Waals surface area contributed by atoms with Gasteiger partial charge in [-0.2, -0.15) is 0 Å². The Morgan fingerprint density at radius 2 is 1.88 bits per heavy atom. The van der Waals surface area contributed by atoms with E-state index in [1.54, 1.807) is 12.1 Å². The number of aromatic nitrogens is 2. The second-order valence-electron chi connectivity index (χ2n) is 8.05. The Kier molecular flexibility index (Phi) is 4.36. The van der Waals surface area contributed by atoms with Gasteiger partial charge >= 0.3 is 5.97 Å². The van der Waals surface area contributed by atoms with Crippen LogP contribution in [-0.4, -0.2) is 27.6 Å². The van der Waals surface area contributed by atoms with Crippen molar-refractivity contribution in [2.45, 2.75) is 12.8 Å². The lowest BCUT2D eigenvalue weighted by Gasteiger charge is -2.31. The first kappa shape index (κ1) is 19.4. The van der Waals surface area contributed by atoms with Crippen LogP contribution < -0.4 is 4.90 Å². The molecule has 0 aliphatic carbocycles. The van der Waals surface area contributed by atoms with E-state index in [0.717, 1.165) is 23.1 Å². The zero-order valence-corrected chi connectivity index (χ0v) is 17.5. The zero-order chi connectivity index (χ0) is 22.5. The first-order valence-electron chi connectivity index (χ1n) is 10.7. The normalized spacial score (nSPS) is 13.4. The molecule has 0 unspecified atom stereocenters. The van der Waals surface area contributed by atoms with Crippen molar-refractivity contribution in [2.24, 2.45) is 0 Å². The molecule has 0 atom stereocenters.